The van der Waals surface area contributed by atoms with Crippen molar-refractivity contribution >= 4 is 0 Å². The molecule has 4 aromatic rings. The quantitative estimate of drug-likeness (QED) is 0.501. The third-order valence-corrected chi connectivity index (χ3v) is 3.95. The van der Waals surface area contributed by atoms with E-state index < -0.39 is 0 Å². The molecule has 2 nitrogen and oxygen atoms in total. The molecule has 0 bridgehead atoms. The lowest BCUT2D eigenvalue weighted by Gasteiger charge is -2.11. The van der Waals surface area contributed by atoms with Crippen LogP contribution in [0.1, 0.15) is 0 Å². The lowest BCUT2D eigenvalue weighted by Crippen LogP contribution is -1.93. The summed E-state index contributed by atoms with van der Waals surface area (Å²) in [6.45, 7) is 0. The van der Waals surface area contributed by atoms with Gasteiger partial charge in [-0.3, -0.25) is 4.98 Å². The number of aromatic nitrogens is 2. The van der Waals surface area contributed by atoms with Gasteiger partial charge in [0.1, 0.15) is 0 Å². The zero-order valence-electron chi connectivity index (χ0n) is 13.1. The predicted molar refractivity (Wildman–Crippen MR) is 98.3 cm³/mol. The van der Waals surface area contributed by atoms with Crippen molar-refractivity contribution in [3.05, 3.63) is 97.2 Å². The molecule has 0 saturated carbocycles. The minimum absolute atomic E-state index is 0.883. The highest BCUT2D eigenvalue weighted by Crippen LogP contribution is 2.32. The van der Waals surface area contributed by atoms with Crippen molar-refractivity contribution in [1.82, 2.24) is 9.97 Å². The summed E-state index contributed by atoms with van der Waals surface area (Å²) in [5.41, 5.74) is 6.14. The first-order valence-electron chi connectivity index (χ1n) is 7.95. The molecule has 0 amide bonds. The van der Waals surface area contributed by atoms with Gasteiger partial charge < -0.3 is 0 Å². The van der Waals surface area contributed by atoms with E-state index >= 15 is 0 Å². The molecule has 0 fully saturated rings. The molecule has 0 aliphatic carbocycles. The van der Waals surface area contributed by atoms with E-state index in [0.29, 0.717) is 0 Å². The Morgan fingerprint density at radius 3 is 1.83 bits per heavy atom. The number of nitrogens with zero attached hydrogens (tertiary/aromatic N) is 2. The van der Waals surface area contributed by atoms with E-state index in [2.05, 4.69) is 47.4 Å². The van der Waals surface area contributed by atoms with Crippen LogP contribution < -0.4 is 0 Å². The number of pyridine rings is 2. The molecular formula is C22H16N2. The molecule has 0 aliphatic rings. The summed E-state index contributed by atoms with van der Waals surface area (Å²) in [7, 11) is 0. The van der Waals surface area contributed by atoms with Crippen LogP contribution in [0.5, 0.6) is 0 Å². The zero-order chi connectivity index (χ0) is 16.2. The van der Waals surface area contributed by atoms with Crippen LogP contribution in [-0.2, 0) is 0 Å². The van der Waals surface area contributed by atoms with Crippen molar-refractivity contribution in [2.45, 2.75) is 0 Å². The summed E-state index contributed by atoms with van der Waals surface area (Å²) < 4.78 is 0. The van der Waals surface area contributed by atoms with Crippen LogP contribution in [0, 0.1) is 0 Å². The molecule has 2 aromatic carbocycles. The highest BCUT2D eigenvalue weighted by Gasteiger charge is 2.11. The van der Waals surface area contributed by atoms with Gasteiger partial charge in [0.05, 0.1) is 17.1 Å². The average molecular weight is 308 g/mol. The standard InChI is InChI=1S/C22H16N2/c1-3-9-17(10-4-1)19-14-15-21(20-13-7-8-16-23-20)24-22(19)18-11-5-2-6-12-18/h1-16H. The lowest BCUT2D eigenvalue weighted by molar-refractivity contribution is 1.25. The van der Waals surface area contributed by atoms with Gasteiger partial charge in [-0.05, 0) is 29.8 Å². The Bertz CT molecular complexity index is 933. The summed E-state index contributed by atoms with van der Waals surface area (Å²) in [6.07, 6.45) is 1.80. The van der Waals surface area contributed by atoms with Crippen LogP contribution in [0.3, 0.4) is 0 Å². The third-order valence-electron chi connectivity index (χ3n) is 3.95. The third kappa shape index (κ3) is 2.82. The first-order valence-corrected chi connectivity index (χ1v) is 7.95. The van der Waals surface area contributed by atoms with Crippen LogP contribution in [0.25, 0.3) is 33.8 Å². The fourth-order valence-electron chi connectivity index (χ4n) is 2.78. The molecule has 0 spiro atoms. The molecule has 0 unspecified atom stereocenters. The summed E-state index contributed by atoms with van der Waals surface area (Å²) in [5, 5.41) is 0. The largest absolute Gasteiger partial charge is 0.255 e. The Kier molecular flexibility index (Phi) is 3.86. The van der Waals surface area contributed by atoms with Gasteiger partial charge in [-0.1, -0.05) is 66.7 Å². The van der Waals surface area contributed by atoms with E-state index in [1.54, 1.807) is 6.20 Å². The number of hydrogen-bond donors (Lipinski definition) is 0. The van der Waals surface area contributed by atoms with E-state index in [9.17, 15) is 0 Å². The molecular weight excluding hydrogens is 292 g/mol. The van der Waals surface area contributed by atoms with Crippen LogP contribution in [0.15, 0.2) is 97.2 Å². The molecule has 0 saturated heterocycles. The van der Waals surface area contributed by atoms with E-state index in [1.165, 1.54) is 0 Å². The Labute approximate surface area is 141 Å². The molecule has 24 heavy (non-hydrogen) atoms. The molecule has 4 rings (SSSR count). The van der Waals surface area contributed by atoms with Gasteiger partial charge in [0.25, 0.3) is 0 Å². The van der Waals surface area contributed by atoms with Crippen molar-refractivity contribution in [2.24, 2.45) is 0 Å². The highest BCUT2D eigenvalue weighted by atomic mass is 14.8. The SMILES string of the molecule is c1ccc(-c2ccc(-c3ccccn3)nc2-c2ccccc2)cc1. The number of benzene rings is 2. The van der Waals surface area contributed by atoms with Crippen molar-refractivity contribution in [3.63, 3.8) is 0 Å². The monoisotopic (exact) mass is 308 g/mol. The predicted octanol–water partition coefficient (Wildman–Crippen LogP) is 5.48. The van der Waals surface area contributed by atoms with Crippen LogP contribution >= 0.6 is 0 Å². The van der Waals surface area contributed by atoms with E-state index in [1.807, 2.05) is 48.5 Å². The second-order valence-corrected chi connectivity index (χ2v) is 5.54. The van der Waals surface area contributed by atoms with Gasteiger partial charge in [0.2, 0.25) is 0 Å². The smallest absolute Gasteiger partial charge is 0.0894 e. The van der Waals surface area contributed by atoms with Crippen molar-refractivity contribution < 1.29 is 0 Å². The first kappa shape index (κ1) is 14.3. The topological polar surface area (TPSA) is 25.8 Å². The molecule has 114 valence electrons. The van der Waals surface area contributed by atoms with Gasteiger partial charge in [-0.15, -0.1) is 0 Å². The van der Waals surface area contributed by atoms with Gasteiger partial charge in [-0.25, -0.2) is 4.98 Å². The fraction of sp³-hybridized carbons (Fsp3) is 0. The highest BCUT2D eigenvalue weighted by molar-refractivity contribution is 5.82. The zero-order valence-corrected chi connectivity index (χ0v) is 13.1. The van der Waals surface area contributed by atoms with Gasteiger partial charge in [0.15, 0.2) is 0 Å². The van der Waals surface area contributed by atoms with E-state index in [-0.39, 0.29) is 0 Å². The minimum Gasteiger partial charge on any atom is -0.255 e. The molecule has 0 aliphatic heterocycles. The number of rotatable bonds is 3. The van der Waals surface area contributed by atoms with Crippen LogP contribution in [-0.4, -0.2) is 9.97 Å². The van der Waals surface area contributed by atoms with Crippen molar-refractivity contribution in [2.75, 3.05) is 0 Å². The summed E-state index contributed by atoms with van der Waals surface area (Å²) in [6, 6.07) is 30.7. The minimum atomic E-state index is 0.883. The van der Waals surface area contributed by atoms with Gasteiger partial charge in [0, 0.05) is 17.3 Å². The average Bonchev–Trinajstić information content (AvgIpc) is 2.69. The second-order valence-electron chi connectivity index (χ2n) is 5.54. The fourth-order valence-corrected chi connectivity index (χ4v) is 2.78. The molecule has 2 heteroatoms. The molecule has 2 aromatic heterocycles. The van der Waals surface area contributed by atoms with Crippen molar-refractivity contribution in [1.29, 1.82) is 0 Å². The summed E-state index contributed by atoms with van der Waals surface area (Å²) in [4.78, 5) is 9.35. The maximum absolute atomic E-state index is 4.93. The van der Waals surface area contributed by atoms with E-state index in [0.717, 1.165) is 33.8 Å². The number of hydrogen-bond acceptors (Lipinski definition) is 2. The van der Waals surface area contributed by atoms with Gasteiger partial charge >= 0.3 is 0 Å². The molecule has 0 atom stereocenters. The Morgan fingerprint density at radius 2 is 1.17 bits per heavy atom. The summed E-state index contributed by atoms with van der Waals surface area (Å²) >= 11 is 0. The first-order chi connectivity index (χ1) is 11.9. The lowest BCUT2D eigenvalue weighted by atomic mass is 9.98. The molecule has 0 radical (unpaired) electrons. The van der Waals surface area contributed by atoms with Crippen LogP contribution in [0.2, 0.25) is 0 Å². The van der Waals surface area contributed by atoms with Crippen molar-refractivity contribution in [3.8, 4) is 33.8 Å². The second kappa shape index (κ2) is 6.47. The Morgan fingerprint density at radius 1 is 0.500 bits per heavy atom. The molecule has 0 N–H and O–H groups in total. The Hall–Kier alpha value is -3.26. The maximum Gasteiger partial charge on any atom is 0.0894 e. The summed E-state index contributed by atoms with van der Waals surface area (Å²) in [5.74, 6) is 0. The van der Waals surface area contributed by atoms with E-state index in [4.69, 9.17) is 4.98 Å². The normalized spacial score (nSPS) is 10.5. The van der Waals surface area contributed by atoms with Gasteiger partial charge in [-0.2, -0.15) is 0 Å². The van der Waals surface area contributed by atoms with Crippen LogP contribution in [0.4, 0.5) is 0 Å². The maximum atomic E-state index is 4.93. The Balaban J connectivity index is 1.92. The molecule has 2 heterocycles.